The van der Waals surface area contributed by atoms with Gasteiger partial charge in [0.25, 0.3) is 0 Å². The Balaban J connectivity index is 1.16. The molecule has 5 rings (SSSR count). The minimum Gasteiger partial charge on any atom is -0.385 e. The van der Waals surface area contributed by atoms with Crippen molar-refractivity contribution in [2.45, 2.75) is 26.0 Å². The predicted molar refractivity (Wildman–Crippen MR) is 126 cm³/mol. The van der Waals surface area contributed by atoms with Gasteiger partial charge in [0.15, 0.2) is 5.76 Å². The van der Waals surface area contributed by atoms with Crippen LogP contribution in [0.5, 0.6) is 0 Å². The number of aromatic nitrogens is 3. The number of piperidine rings is 1. The molecule has 1 aliphatic heterocycles. The summed E-state index contributed by atoms with van der Waals surface area (Å²) >= 11 is 0. The van der Waals surface area contributed by atoms with Crippen LogP contribution in [0.2, 0.25) is 0 Å². The van der Waals surface area contributed by atoms with Crippen LogP contribution >= 0.6 is 0 Å². The average Bonchev–Trinajstić information content (AvgIpc) is 3.33. The van der Waals surface area contributed by atoms with Crippen molar-refractivity contribution in [1.29, 1.82) is 0 Å². The molecule has 2 fully saturated rings. The molecule has 1 aromatic carbocycles. The Morgan fingerprint density at radius 2 is 2.06 bits per heavy atom. The Hall–Kier alpha value is -3.41. The molecule has 3 aromatic rings. The summed E-state index contributed by atoms with van der Waals surface area (Å²) in [5.74, 6) is 9.71. The Bertz CT molecular complexity index is 1210. The number of imidazole rings is 1. The molecular weight excluding hydrogens is 430 g/mol. The van der Waals surface area contributed by atoms with E-state index in [1.807, 2.05) is 53.0 Å². The van der Waals surface area contributed by atoms with Crippen LogP contribution in [-0.4, -0.2) is 57.3 Å². The number of rotatable bonds is 7. The highest BCUT2D eigenvalue weighted by Gasteiger charge is 2.55. The number of benzene rings is 1. The van der Waals surface area contributed by atoms with Gasteiger partial charge in [0.05, 0.1) is 6.54 Å². The summed E-state index contributed by atoms with van der Waals surface area (Å²) in [7, 11) is 1.87. The van der Waals surface area contributed by atoms with Gasteiger partial charge in [0.2, 0.25) is 5.91 Å². The number of likely N-dealkylation sites (tertiary alicyclic amines) is 1. The van der Waals surface area contributed by atoms with Crippen molar-refractivity contribution in [2.24, 2.45) is 17.8 Å². The third kappa shape index (κ3) is 4.63. The molecule has 0 radical (unpaired) electrons. The van der Waals surface area contributed by atoms with Gasteiger partial charge in [0.1, 0.15) is 17.6 Å². The summed E-state index contributed by atoms with van der Waals surface area (Å²) in [5, 5.41) is 17.0. The smallest absolute Gasteiger partial charge is 0.223 e. The predicted octanol–water partition coefficient (Wildman–Crippen LogP) is 2.31. The fourth-order valence-electron chi connectivity index (χ4n) is 4.74. The molecule has 0 spiro atoms. The highest BCUT2D eigenvalue weighted by molar-refractivity contribution is 5.77. The summed E-state index contributed by atoms with van der Waals surface area (Å²) < 4.78 is 7.39. The van der Waals surface area contributed by atoms with Crippen molar-refractivity contribution in [2.75, 3.05) is 26.7 Å². The molecule has 2 aliphatic rings. The van der Waals surface area contributed by atoms with E-state index in [2.05, 4.69) is 27.3 Å². The molecule has 1 saturated heterocycles. The topological polar surface area (TPSA) is 96.4 Å². The molecule has 1 saturated carbocycles. The second-order valence-electron chi connectivity index (χ2n) is 9.12. The van der Waals surface area contributed by atoms with E-state index in [0.29, 0.717) is 42.3 Å². The minimum absolute atomic E-state index is 0.243. The highest BCUT2D eigenvalue weighted by atomic mass is 16.5. The van der Waals surface area contributed by atoms with Gasteiger partial charge < -0.3 is 24.4 Å². The van der Waals surface area contributed by atoms with Crippen LogP contribution in [0.25, 0.3) is 11.3 Å². The van der Waals surface area contributed by atoms with Crippen LogP contribution in [0.15, 0.2) is 47.2 Å². The van der Waals surface area contributed by atoms with E-state index >= 15 is 0 Å². The SMILES string of the molecule is CNCCC(=O)N1C[C@@H]2[C@@H](C#Cc3ccc(-c4cc(Cn5ccnc5[C@H](C)O)no4)cc3)[C@@H]2C1. The number of hydrogen-bond donors (Lipinski definition) is 2. The first-order valence-electron chi connectivity index (χ1n) is 11.7. The number of hydrogen-bond acceptors (Lipinski definition) is 6. The lowest BCUT2D eigenvalue weighted by Gasteiger charge is -2.18. The lowest BCUT2D eigenvalue weighted by Crippen LogP contribution is -2.33. The van der Waals surface area contributed by atoms with Crippen LogP contribution in [-0.2, 0) is 11.3 Å². The van der Waals surface area contributed by atoms with Crippen molar-refractivity contribution in [3.63, 3.8) is 0 Å². The lowest BCUT2D eigenvalue weighted by molar-refractivity contribution is -0.130. The van der Waals surface area contributed by atoms with E-state index in [0.717, 1.165) is 36.5 Å². The summed E-state index contributed by atoms with van der Waals surface area (Å²) in [6, 6.07) is 9.88. The molecule has 1 amide bonds. The van der Waals surface area contributed by atoms with Gasteiger partial charge in [-0.3, -0.25) is 4.79 Å². The van der Waals surface area contributed by atoms with E-state index in [9.17, 15) is 9.90 Å². The quantitative estimate of drug-likeness (QED) is 0.527. The Labute approximate surface area is 199 Å². The van der Waals surface area contributed by atoms with Crippen LogP contribution in [0.3, 0.4) is 0 Å². The molecule has 1 aliphatic carbocycles. The van der Waals surface area contributed by atoms with Gasteiger partial charge >= 0.3 is 0 Å². The number of carbonyl (C=O) groups excluding carboxylic acids is 1. The van der Waals surface area contributed by atoms with Crippen molar-refractivity contribution < 1.29 is 14.4 Å². The molecule has 3 heterocycles. The maximum Gasteiger partial charge on any atom is 0.223 e. The molecule has 0 bridgehead atoms. The van der Waals surface area contributed by atoms with Gasteiger partial charge in [-0.25, -0.2) is 4.98 Å². The average molecular weight is 460 g/mol. The van der Waals surface area contributed by atoms with Crippen molar-refractivity contribution in [1.82, 2.24) is 24.9 Å². The zero-order chi connectivity index (χ0) is 23.7. The summed E-state index contributed by atoms with van der Waals surface area (Å²) in [4.78, 5) is 18.3. The maximum atomic E-state index is 12.2. The molecule has 8 heteroatoms. The number of aliphatic hydroxyl groups excluding tert-OH is 1. The third-order valence-electron chi connectivity index (χ3n) is 6.70. The van der Waals surface area contributed by atoms with E-state index < -0.39 is 6.10 Å². The molecule has 0 unspecified atom stereocenters. The van der Waals surface area contributed by atoms with Gasteiger partial charge in [-0.2, -0.15) is 0 Å². The minimum atomic E-state index is -0.644. The lowest BCUT2D eigenvalue weighted by atomic mass is 10.1. The molecule has 176 valence electrons. The number of nitrogens with one attached hydrogen (secondary N) is 1. The Morgan fingerprint density at radius 3 is 2.76 bits per heavy atom. The van der Waals surface area contributed by atoms with E-state index in [1.165, 1.54) is 0 Å². The number of amides is 1. The third-order valence-corrected chi connectivity index (χ3v) is 6.70. The molecule has 34 heavy (non-hydrogen) atoms. The molecule has 8 nitrogen and oxygen atoms in total. The normalized spacial score (nSPS) is 21.6. The fraction of sp³-hybridized carbons (Fsp3) is 0.423. The number of fused-ring (bicyclic) bond motifs is 1. The zero-order valence-corrected chi connectivity index (χ0v) is 19.4. The molecule has 4 atom stereocenters. The van der Waals surface area contributed by atoms with Crippen LogP contribution in [0.1, 0.15) is 36.5 Å². The van der Waals surface area contributed by atoms with Crippen LogP contribution in [0, 0.1) is 29.6 Å². The first kappa shape index (κ1) is 22.4. The Morgan fingerprint density at radius 1 is 1.29 bits per heavy atom. The summed E-state index contributed by atoms with van der Waals surface area (Å²) in [6.45, 7) is 4.59. The second kappa shape index (κ2) is 9.45. The number of nitrogens with zero attached hydrogens (tertiary/aromatic N) is 4. The molecule has 2 aromatic heterocycles. The first-order chi connectivity index (χ1) is 16.5. The van der Waals surface area contributed by atoms with E-state index in [4.69, 9.17) is 4.52 Å². The van der Waals surface area contributed by atoms with Crippen LogP contribution in [0.4, 0.5) is 0 Å². The summed E-state index contributed by atoms with van der Waals surface area (Å²) in [6.07, 6.45) is 3.41. The van der Waals surface area contributed by atoms with Crippen LogP contribution < -0.4 is 5.32 Å². The zero-order valence-electron chi connectivity index (χ0n) is 19.4. The summed E-state index contributed by atoms with van der Waals surface area (Å²) in [5.41, 5.74) is 2.66. The fourth-order valence-corrected chi connectivity index (χ4v) is 4.74. The number of carbonyl (C=O) groups is 1. The number of aliphatic hydroxyl groups is 1. The largest absolute Gasteiger partial charge is 0.385 e. The van der Waals surface area contributed by atoms with Gasteiger partial charge in [-0.15, -0.1) is 0 Å². The second-order valence-corrected chi connectivity index (χ2v) is 9.12. The van der Waals surface area contributed by atoms with E-state index in [1.54, 1.807) is 13.1 Å². The van der Waals surface area contributed by atoms with Crippen molar-refractivity contribution >= 4 is 5.91 Å². The molecular formula is C26H29N5O3. The van der Waals surface area contributed by atoms with Gasteiger partial charge in [-0.1, -0.05) is 17.0 Å². The monoisotopic (exact) mass is 459 g/mol. The first-order valence-corrected chi connectivity index (χ1v) is 11.7. The standard InChI is InChI=1S/C26H29N5O3/c1-17(32)26-28-11-12-30(26)14-20-13-24(34-29-20)19-6-3-18(4-7-19)5-8-21-22-15-31(16-23(21)22)25(33)9-10-27-2/h3-4,6-7,11-13,17,21-23,27,32H,9-10,14-16H2,1-2H3/t17-,21-,22-,23+/m0/s1. The molecule has 2 N–H and O–H groups in total. The highest BCUT2D eigenvalue weighted by Crippen LogP contribution is 2.51. The Kier molecular flexibility index (Phi) is 6.22. The van der Waals surface area contributed by atoms with Crippen molar-refractivity contribution in [3.8, 4) is 23.2 Å². The van der Waals surface area contributed by atoms with Gasteiger partial charge in [0, 0.05) is 61.6 Å². The van der Waals surface area contributed by atoms with Gasteiger partial charge in [-0.05, 0) is 50.1 Å². The van der Waals surface area contributed by atoms with E-state index in [-0.39, 0.29) is 5.91 Å². The van der Waals surface area contributed by atoms with Crippen molar-refractivity contribution in [3.05, 3.63) is 59.8 Å². The maximum absolute atomic E-state index is 12.2.